The SMILES string of the molecule is CN(C)C1(C(=O)c2cnn(C)c2)CCCCCC1. The number of hydrogen-bond donors (Lipinski definition) is 0. The van der Waals surface area contributed by atoms with Crippen LogP contribution in [-0.4, -0.2) is 40.1 Å². The first-order valence-corrected chi connectivity index (χ1v) is 6.77. The number of ketones is 1. The molecule has 4 nitrogen and oxygen atoms in total. The average Bonchev–Trinajstić information content (AvgIpc) is 2.63. The van der Waals surface area contributed by atoms with Crippen molar-refractivity contribution in [1.82, 2.24) is 14.7 Å². The summed E-state index contributed by atoms with van der Waals surface area (Å²) in [6.45, 7) is 0. The summed E-state index contributed by atoms with van der Waals surface area (Å²) in [5.41, 5.74) is 0.424. The van der Waals surface area contributed by atoms with Crippen LogP contribution in [0.15, 0.2) is 12.4 Å². The van der Waals surface area contributed by atoms with Gasteiger partial charge in [-0.2, -0.15) is 5.10 Å². The van der Waals surface area contributed by atoms with Crippen LogP contribution in [-0.2, 0) is 7.05 Å². The Hall–Kier alpha value is -1.16. The van der Waals surface area contributed by atoms with Crippen LogP contribution in [0.5, 0.6) is 0 Å². The average molecular weight is 249 g/mol. The van der Waals surface area contributed by atoms with Gasteiger partial charge in [-0.3, -0.25) is 14.4 Å². The summed E-state index contributed by atoms with van der Waals surface area (Å²) in [5, 5.41) is 4.12. The maximum absolute atomic E-state index is 12.8. The van der Waals surface area contributed by atoms with E-state index in [0.717, 1.165) is 31.2 Å². The molecule has 1 aliphatic carbocycles. The highest BCUT2D eigenvalue weighted by atomic mass is 16.1. The molecule has 1 fully saturated rings. The Balaban J connectivity index is 2.31. The molecule has 1 aromatic rings. The Morgan fingerprint density at radius 1 is 1.28 bits per heavy atom. The minimum absolute atomic E-state index is 0.238. The van der Waals surface area contributed by atoms with Crippen LogP contribution >= 0.6 is 0 Å². The largest absolute Gasteiger partial charge is 0.297 e. The molecule has 0 radical (unpaired) electrons. The van der Waals surface area contributed by atoms with Crippen molar-refractivity contribution in [2.45, 2.75) is 44.1 Å². The molecular weight excluding hydrogens is 226 g/mol. The molecule has 1 aromatic heterocycles. The maximum Gasteiger partial charge on any atom is 0.186 e. The number of Topliss-reactive ketones (excluding diaryl/α,β-unsaturated/α-hetero) is 1. The summed E-state index contributed by atoms with van der Waals surface area (Å²) in [7, 11) is 5.91. The Kier molecular flexibility index (Phi) is 3.85. The molecule has 0 aromatic carbocycles. The molecule has 1 heterocycles. The van der Waals surface area contributed by atoms with Gasteiger partial charge in [0.2, 0.25) is 0 Å². The van der Waals surface area contributed by atoms with Gasteiger partial charge in [0.25, 0.3) is 0 Å². The van der Waals surface area contributed by atoms with Gasteiger partial charge in [-0.15, -0.1) is 0 Å². The minimum Gasteiger partial charge on any atom is -0.297 e. The van der Waals surface area contributed by atoms with Crippen LogP contribution in [0.25, 0.3) is 0 Å². The molecule has 0 saturated heterocycles. The third kappa shape index (κ3) is 2.34. The van der Waals surface area contributed by atoms with Gasteiger partial charge in [0.15, 0.2) is 5.78 Å². The second-order valence-corrected chi connectivity index (χ2v) is 5.57. The predicted octanol–water partition coefficient (Wildman–Crippen LogP) is 2.26. The number of nitrogens with zero attached hydrogens (tertiary/aromatic N) is 3. The maximum atomic E-state index is 12.8. The van der Waals surface area contributed by atoms with E-state index in [1.165, 1.54) is 12.8 Å². The number of hydrogen-bond acceptors (Lipinski definition) is 3. The van der Waals surface area contributed by atoms with Gasteiger partial charge in [0, 0.05) is 13.2 Å². The van der Waals surface area contributed by atoms with E-state index in [0.29, 0.717) is 0 Å². The fourth-order valence-electron chi connectivity index (χ4n) is 3.00. The van der Waals surface area contributed by atoms with Crippen molar-refractivity contribution in [2.24, 2.45) is 7.05 Å². The highest BCUT2D eigenvalue weighted by Crippen LogP contribution is 2.34. The van der Waals surface area contributed by atoms with Crippen LogP contribution in [0.1, 0.15) is 48.9 Å². The number of likely N-dealkylation sites (N-methyl/N-ethyl adjacent to an activating group) is 1. The summed E-state index contributed by atoms with van der Waals surface area (Å²) in [6.07, 6.45) is 10.2. The third-order valence-corrected chi connectivity index (χ3v) is 4.18. The normalized spacial score (nSPS) is 19.8. The molecule has 1 saturated carbocycles. The molecular formula is C14H23N3O. The summed E-state index contributed by atoms with van der Waals surface area (Å²) >= 11 is 0. The van der Waals surface area contributed by atoms with E-state index >= 15 is 0 Å². The van der Waals surface area contributed by atoms with Gasteiger partial charge in [-0.1, -0.05) is 25.7 Å². The van der Waals surface area contributed by atoms with Gasteiger partial charge < -0.3 is 0 Å². The Morgan fingerprint density at radius 3 is 2.33 bits per heavy atom. The zero-order valence-corrected chi connectivity index (χ0v) is 11.6. The Bertz CT molecular complexity index is 414. The van der Waals surface area contributed by atoms with Crippen molar-refractivity contribution in [3.63, 3.8) is 0 Å². The number of rotatable bonds is 3. The van der Waals surface area contributed by atoms with Crippen molar-refractivity contribution in [3.05, 3.63) is 18.0 Å². The minimum atomic E-state index is -0.320. The molecule has 18 heavy (non-hydrogen) atoms. The Labute approximate surface area is 109 Å². The lowest BCUT2D eigenvalue weighted by Crippen LogP contribution is -2.50. The summed E-state index contributed by atoms with van der Waals surface area (Å²) in [5.74, 6) is 0.238. The lowest BCUT2D eigenvalue weighted by Gasteiger charge is -2.37. The zero-order valence-electron chi connectivity index (χ0n) is 11.6. The predicted molar refractivity (Wildman–Crippen MR) is 71.7 cm³/mol. The first-order chi connectivity index (χ1) is 8.56. The molecule has 100 valence electrons. The van der Waals surface area contributed by atoms with E-state index < -0.39 is 0 Å². The van der Waals surface area contributed by atoms with E-state index in [-0.39, 0.29) is 11.3 Å². The molecule has 0 atom stereocenters. The fraction of sp³-hybridized carbons (Fsp3) is 0.714. The van der Waals surface area contributed by atoms with Crippen molar-refractivity contribution in [3.8, 4) is 0 Å². The number of carbonyl (C=O) groups excluding carboxylic acids is 1. The number of aryl methyl sites for hydroxylation is 1. The van der Waals surface area contributed by atoms with Gasteiger partial charge in [-0.25, -0.2) is 0 Å². The van der Waals surface area contributed by atoms with Gasteiger partial charge >= 0.3 is 0 Å². The highest BCUT2D eigenvalue weighted by Gasteiger charge is 2.41. The van der Waals surface area contributed by atoms with Gasteiger partial charge in [0.05, 0.1) is 17.3 Å². The second kappa shape index (κ2) is 5.22. The molecule has 0 bridgehead atoms. The summed E-state index contributed by atoms with van der Waals surface area (Å²) in [4.78, 5) is 15.0. The van der Waals surface area contributed by atoms with E-state index in [1.54, 1.807) is 10.9 Å². The van der Waals surface area contributed by atoms with Crippen molar-refractivity contribution >= 4 is 5.78 Å². The van der Waals surface area contributed by atoms with Crippen LogP contribution in [0.3, 0.4) is 0 Å². The first-order valence-electron chi connectivity index (χ1n) is 6.77. The van der Waals surface area contributed by atoms with Crippen LogP contribution in [0, 0.1) is 0 Å². The lowest BCUT2D eigenvalue weighted by molar-refractivity contribution is 0.0635. The standard InChI is InChI=1S/C14H23N3O/c1-16(2)14(8-6-4-5-7-9-14)13(18)12-10-15-17(3)11-12/h10-11H,4-9H2,1-3H3. The fourth-order valence-corrected chi connectivity index (χ4v) is 3.00. The van der Waals surface area contributed by atoms with E-state index in [4.69, 9.17) is 0 Å². The highest BCUT2D eigenvalue weighted by molar-refractivity contribution is 6.02. The van der Waals surface area contributed by atoms with Crippen molar-refractivity contribution < 1.29 is 4.79 Å². The zero-order chi connectivity index (χ0) is 13.2. The molecule has 0 amide bonds. The van der Waals surface area contributed by atoms with Crippen LogP contribution < -0.4 is 0 Å². The lowest BCUT2D eigenvalue weighted by atomic mass is 9.82. The molecule has 2 rings (SSSR count). The topological polar surface area (TPSA) is 38.1 Å². The van der Waals surface area contributed by atoms with Crippen molar-refractivity contribution in [2.75, 3.05) is 14.1 Å². The van der Waals surface area contributed by atoms with Crippen LogP contribution in [0.4, 0.5) is 0 Å². The summed E-state index contributed by atoms with van der Waals surface area (Å²) in [6, 6.07) is 0. The molecule has 0 N–H and O–H groups in total. The number of aromatic nitrogens is 2. The van der Waals surface area contributed by atoms with Gasteiger partial charge in [0.1, 0.15) is 0 Å². The third-order valence-electron chi connectivity index (χ3n) is 4.18. The Morgan fingerprint density at radius 2 is 1.89 bits per heavy atom. The molecule has 1 aliphatic rings. The van der Waals surface area contributed by atoms with Gasteiger partial charge in [-0.05, 0) is 26.9 Å². The van der Waals surface area contributed by atoms with Crippen LogP contribution in [0.2, 0.25) is 0 Å². The first kappa shape index (κ1) is 13.3. The summed E-state index contributed by atoms with van der Waals surface area (Å²) < 4.78 is 1.70. The van der Waals surface area contributed by atoms with E-state index in [2.05, 4.69) is 10.00 Å². The molecule has 0 unspecified atom stereocenters. The quantitative estimate of drug-likeness (QED) is 0.609. The number of carbonyl (C=O) groups is 1. The van der Waals surface area contributed by atoms with E-state index in [1.807, 2.05) is 27.3 Å². The van der Waals surface area contributed by atoms with E-state index in [9.17, 15) is 4.79 Å². The second-order valence-electron chi connectivity index (χ2n) is 5.57. The smallest absolute Gasteiger partial charge is 0.186 e. The monoisotopic (exact) mass is 249 g/mol. The van der Waals surface area contributed by atoms with Crippen molar-refractivity contribution in [1.29, 1.82) is 0 Å². The molecule has 0 spiro atoms. The molecule has 4 heteroatoms. The molecule has 0 aliphatic heterocycles.